The predicted octanol–water partition coefficient (Wildman–Crippen LogP) is 2.89. The van der Waals surface area contributed by atoms with Gasteiger partial charge in [-0.15, -0.1) is 0 Å². The van der Waals surface area contributed by atoms with E-state index in [1.807, 2.05) is 0 Å². The van der Waals surface area contributed by atoms with Gasteiger partial charge in [-0.1, -0.05) is 20.4 Å². The molecule has 0 aromatic carbocycles. The number of likely N-dealkylation sites (tertiary alicyclic amines) is 1. The van der Waals surface area contributed by atoms with Gasteiger partial charge in [0.2, 0.25) is 0 Å². The van der Waals surface area contributed by atoms with Crippen LogP contribution >= 0.6 is 0 Å². The van der Waals surface area contributed by atoms with Crippen molar-refractivity contribution in [1.29, 1.82) is 0 Å². The fourth-order valence-electron chi connectivity index (χ4n) is 1.89. The molecule has 1 heterocycles. The van der Waals surface area contributed by atoms with E-state index in [1.54, 1.807) is 0 Å². The Morgan fingerprint density at radius 2 is 1.92 bits per heavy atom. The van der Waals surface area contributed by atoms with Crippen LogP contribution in [0.2, 0.25) is 0 Å². The van der Waals surface area contributed by atoms with Gasteiger partial charge in [-0.25, -0.2) is 0 Å². The van der Waals surface area contributed by atoms with Crippen LogP contribution in [0.1, 0.15) is 34.1 Å². The Kier molecular flexibility index (Phi) is 2.81. The summed E-state index contributed by atoms with van der Waals surface area (Å²) in [5, 5.41) is 0. The predicted molar refractivity (Wildman–Crippen MR) is 53.9 cm³/mol. The molecule has 1 unspecified atom stereocenters. The average Bonchev–Trinajstić information content (AvgIpc) is 2.30. The van der Waals surface area contributed by atoms with E-state index >= 15 is 0 Å². The number of nitrogens with zero attached hydrogens (tertiary/aromatic N) is 1. The van der Waals surface area contributed by atoms with Gasteiger partial charge < -0.3 is 4.90 Å². The molecule has 0 N–H and O–H groups in total. The summed E-state index contributed by atoms with van der Waals surface area (Å²) in [6.45, 7) is 14.4. The molecule has 1 fully saturated rings. The first-order chi connectivity index (χ1) is 5.52. The fraction of sp³-hybridized carbons (Fsp3) is 0.818. The Morgan fingerprint density at radius 3 is 2.17 bits per heavy atom. The van der Waals surface area contributed by atoms with Crippen molar-refractivity contribution in [3.05, 3.63) is 12.3 Å². The quantitative estimate of drug-likeness (QED) is 0.611. The maximum Gasteiger partial charge on any atom is 0.0230 e. The lowest BCUT2D eigenvalue weighted by Gasteiger charge is -2.24. The fourth-order valence-corrected chi connectivity index (χ4v) is 1.89. The van der Waals surface area contributed by atoms with Gasteiger partial charge in [0, 0.05) is 18.3 Å². The summed E-state index contributed by atoms with van der Waals surface area (Å²) in [5.41, 5.74) is 1.34. The highest BCUT2D eigenvalue weighted by Gasteiger charge is 2.28. The molecule has 1 heteroatoms. The van der Waals surface area contributed by atoms with Crippen LogP contribution in [-0.4, -0.2) is 17.5 Å². The molecule has 1 aliphatic rings. The topological polar surface area (TPSA) is 3.24 Å². The minimum Gasteiger partial charge on any atom is -0.373 e. The van der Waals surface area contributed by atoms with Crippen LogP contribution in [0.15, 0.2) is 12.3 Å². The Hall–Kier alpha value is -0.460. The maximum atomic E-state index is 4.12. The second-order valence-electron chi connectivity index (χ2n) is 4.52. The molecule has 70 valence electrons. The zero-order chi connectivity index (χ0) is 9.30. The SMILES string of the molecule is C=C1CC(C(C)C)CN1C(C)C. The van der Waals surface area contributed by atoms with E-state index in [4.69, 9.17) is 0 Å². The Bertz CT molecular complexity index is 170. The molecule has 0 aromatic rings. The second-order valence-corrected chi connectivity index (χ2v) is 4.52. The minimum absolute atomic E-state index is 0.626. The van der Waals surface area contributed by atoms with Gasteiger partial charge >= 0.3 is 0 Å². The van der Waals surface area contributed by atoms with Gasteiger partial charge in [0.15, 0.2) is 0 Å². The molecule has 0 bridgehead atoms. The average molecular weight is 167 g/mol. The number of rotatable bonds is 2. The number of hydrogen-bond donors (Lipinski definition) is 0. The molecule has 0 saturated carbocycles. The highest BCUT2D eigenvalue weighted by molar-refractivity contribution is 5.04. The molecule has 0 radical (unpaired) electrons. The van der Waals surface area contributed by atoms with Crippen molar-refractivity contribution in [2.24, 2.45) is 11.8 Å². The summed E-state index contributed by atoms with van der Waals surface area (Å²) in [7, 11) is 0. The Balaban J connectivity index is 2.56. The van der Waals surface area contributed by atoms with Crippen LogP contribution in [0.3, 0.4) is 0 Å². The van der Waals surface area contributed by atoms with E-state index in [9.17, 15) is 0 Å². The van der Waals surface area contributed by atoms with Gasteiger partial charge in [-0.3, -0.25) is 0 Å². The second kappa shape index (κ2) is 3.51. The van der Waals surface area contributed by atoms with Crippen LogP contribution in [0.4, 0.5) is 0 Å². The van der Waals surface area contributed by atoms with Crippen molar-refractivity contribution < 1.29 is 0 Å². The van der Waals surface area contributed by atoms with Gasteiger partial charge in [0.1, 0.15) is 0 Å². The van der Waals surface area contributed by atoms with Gasteiger partial charge in [0.05, 0.1) is 0 Å². The molecule has 1 nitrogen and oxygen atoms in total. The van der Waals surface area contributed by atoms with Crippen LogP contribution in [-0.2, 0) is 0 Å². The molecule has 12 heavy (non-hydrogen) atoms. The smallest absolute Gasteiger partial charge is 0.0230 e. The van der Waals surface area contributed by atoms with Crippen LogP contribution in [0.25, 0.3) is 0 Å². The maximum absolute atomic E-state index is 4.12. The Labute approximate surface area is 76.5 Å². The molecular weight excluding hydrogens is 146 g/mol. The highest BCUT2D eigenvalue weighted by Crippen LogP contribution is 2.31. The normalized spacial score (nSPS) is 24.7. The molecule has 0 aromatic heterocycles. The van der Waals surface area contributed by atoms with Crippen molar-refractivity contribution in [2.75, 3.05) is 6.54 Å². The van der Waals surface area contributed by atoms with E-state index < -0.39 is 0 Å². The van der Waals surface area contributed by atoms with Crippen molar-refractivity contribution in [1.82, 2.24) is 4.90 Å². The Morgan fingerprint density at radius 1 is 1.33 bits per heavy atom. The van der Waals surface area contributed by atoms with Crippen LogP contribution in [0, 0.1) is 11.8 Å². The van der Waals surface area contributed by atoms with Crippen molar-refractivity contribution in [3.8, 4) is 0 Å². The lowest BCUT2D eigenvalue weighted by Crippen LogP contribution is -2.27. The summed E-state index contributed by atoms with van der Waals surface area (Å²) < 4.78 is 0. The summed E-state index contributed by atoms with van der Waals surface area (Å²) in [4.78, 5) is 2.44. The molecule has 1 atom stereocenters. The zero-order valence-corrected chi connectivity index (χ0v) is 8.80. The van der Waals surface area contributed by atoms with Crippen LogP contribution in [0.5, 0.6) is 0 Å². The lowest BCUT2D eigenvalue weighted by molar-refractivity contribution is 0.282. The van der Waals surface area contributed by atoms with Crippen molar-refractivity contribution in [2.45, 2.75) is 40.2 Å². The van der Waals surface area contributed by atoms with Crippen LogP contribution < -0.4 is 0 Å². The standard InChI is InChI=1S/C11H21N/c1-8(2)11-6-10(5)12(7-11)9(3)4/h8-9,11H,5-7H2,1-4H3. The van der Waals surface area contributed by atoms with E-state index in [0.29, 0.717) is 6.04 Å². The third-order valence-corrected chi connectivity index (χ3v) is 2.90. The number of hydrogen-bond acceptors (Lipinski definition) is 1. The van der Waals surface area contributed by atoms with Gasteiger partial charge in [-0.05, 0) is 32.1 Å². The summed E-state index contributed by atoms with van der Waals surface area (Å²) in [6.07, 6.45) is 1.20. The number of allylic oxidation sites excluding steroid dienone is 1. The highest BCUT2D eigenvalue weighted by atomic mass is 15.2. The van der Waals surface area contributed by atoms with E-state index in [1.165, 1.54) is 18.7 Å². The molecule has 1 aliphatic heterocycles. The molecule has 0 spiro atoms. The molecule has 1 rings (SSSR count). The van der Waals surface area contributed by atoms with Crippen molar-refractivity contribution >= 4 is 0 Å². The lowest BCUT2D eigenvalue weighted by atomic mass is 9.95. The van der Waals surface area contributed by atoms with E-state index in [2.05, 4.69) is 39.2 Å². The third kappa shape index (κ3) is 1.82. The first-order valence-corrected chi connectivity index (χ1v) is 4.96. The van der Waals surface area contributed by atoms with E-state index in [0.717, 1.165) is 11.8 Å². The van der Waals surface area contributed by atoms with E-state index in [-0.39, 0.29) is 0 Å². The minimum atomic E-state index is 0.626. The molecule has 0 aliphatic carbocycles. The molecule has 1 saturated heterocycles. The third-order valence-electron chi connectivity index (χ3n) is 2.90. The summed E-state index contributed by atoms with van der Waals surface area (Å²) in [5.74, 6) is 1.63. The zero-order valence-electron chi connectivity index (χ0n) is 8.80. The monoisotopic (exact) mass is 167 g/mol. The largest absolute Gasteiger partial charge is 0.373 e. The van der Waals surface area contributed by atoms with Gasteiger partial charge in [-0.2, -0.15) is 0 Å². The van der Waals surface area contributed by atoms with Crippen molar-refractivity contribution in [3.63, 3.8) is 0 Å². The molecular formula is C11H21N. The van der Waals surface area contributed by atoms with Gasteiger partial charge in [0.25, 0.3) is 0 Å². The summed E-state index contributed by atoms with van der Waals surface area (Å²) >= 11 is 0. The first-order valence-electron chi connectivity index (χ1n) is 4.96. The summed E-state index contributed by atoms with van der Waals surface area (Å²) in [6, 6.07) is 0.626. The molecule has 0 amide bonds. The first kappa shape index (κ1) is 9.63.